The van der Waals surface area contributed by atoms with Gasteiger partial charge in [-0.2, -0.15) is 23.5 Å². The van der Waals surface area contributed by atoms with Crippen molar-refractivity contribution in [2.75, 3.05) is 38.2 Å². The molecule has 0 N–H and O–H groups in total. The summed E-state index contributed by atoms with van der Waals surface area (Å²) in [5.41, 5.74) is -0.174. The van der Waals surface area contributed by atoms with Gasteiger partial charge in [-0.3, -0.25) is 4.79 Å². The second kappa shape index (κ2) is 9.43. The molecule has 34 heavy (non-hydrogen) atoms. The molecule has 2 aromatic heterocycles. The predicted molar refractivity (Wildman–Crippen MR) is 117 cm³/mol. The van der Waals surface area contributed by atoms with Crippen LogP contribution in [0.15, 0.2) is 48.8 Å². The number of aromatic nitrogens is 3. The molecule has 0 bridgehead atoms. The van der Waals surface area contributed by atoms with Crippen molar-refractivity contribution in [1.29, 1.82) is 5.26 Å². The molecule has 0 atom stereocenters. The third-order valence-corrected chi connectivity index (χ3v) is 5.53. The summed E-state index contributed by atoms with van der Waals surface area (Å²) in [6.45, 7) is 1.89. The Bertz CT molecular complexity index is 1230. The van der Waals surface area contributed by atoms with E-state index in [0.29, 0.717) is 44.0 Å². The molecular formula is C23H21F3N6O2. The highest BCUT2D eigenvalue weighted by molar-refractivity contribution is 5.95. The molecule has 176 valence electrons. The number of ether oxygens (including phenoxy) is 1. The summed E-state index contributed by atoms with van der Waals surface area (Å²) in [7, 11) is 1.37. The minimum atomic E-state index is -4.50. The van der Waals surface area contributed by atoms with Gasteiger partial charge in [-0.1, -0.05) is 6.07 Å². The van der Waals surface area contributed by atoms with Crippen molar-refractivity contribution in [2.45, 2.75) is 12.6 Å². The Balaban J connectivity index is 1.56. The van der Waals surface area contributed by atoms with Crippen LogP contribution in [-0.2, 0) is 6.18 Å². The second-order valence-corrected chi connectivity index (χ2v) is 7.66. The van der Waals surface area contributed by atoms with E-state index >= 15 is 0 Å². The number of nitrogens with zero attached hydrogens (tertiary/aromatic N) is 6. The van der Waals surface area contributed by atoms with E-state index in [1.807, 2.05) is 4.90 Å². The minimum Gasteiger partial charge on any atom is -0.493 e. The van der Waals surface area contributed by atoms with Gasteiger partial charge in [-0.25, -0.2) is 9.67 Å². The van der Waals surface area contributed by atoms with Crippen LogP contribution in [0, 0.1) is 11.3 Å². The Morgan fingerprint density at radius 3 is 2.71 bits per heavy atom. The molecule has 0 radical (unpaired) electrons. The quantitative estimate of drug-likeness (QED) is 0.580. The summed E-state index contributed by atoms with van der Waals surface area (Å²) in [6.07, 6.45) is -0.845. The van der Waals surface area contributed by atoms with Crippen LogP contribution in [0.3, 0.4) is 0 Å². The lowest BCUT2D eigenvalue weighted by Gasteiger charge is -2.23. The fraction of sp³-hybridized carbons (Fsp3) is 0.304. The van der Waals surface area contributed by atoms with E-state index in [0.717, 1.165) is 12.1 Å². The number of benzene rings is 1. The van der Waals surface area contributed by atoms with Gasteiger partial charge >= 0.3 is 6.18 Å². The van der Waals surface area contributed by atoms with Crippen LogP contribution < -0.4 is 9.64 Å². The van der Waals surface area contributed by atoms with E-state index in [1.165, 1.54) is 30.1 Å². The molecule has 11 heteroatoms. The number of anilines is 1. The number of hydrogen-bond donors (Lipinski definition) is 0. The number of carbonyl (C=O) groups excluding carboxylic acids is 1. The van der Waals surface area contributed by atoms with Gasteiger partial charge in [0.15, 0.2) is 11.4 Å². The van der Waals surface area contributed by atoms with Crippen molar-refractivity contribution in [1.82, 2.24) is 19.7 Å². The van der Waals surface area contributed by atoms with Crippen molar-refractivity contribution in [3.05, 3.63) is 65.6 Å². The van der Waals surface area contributed by atoms with Crippen LogP contribution >= 0.6 is 0 Å². The number of nitriles is 1. The lowest BCUT2D eigenvalue weighted by molar-refractivity contribution is -0.137. The summed E-state index contributed by atoms with van der Waals surface area (Å²) >= 11 is 0. The zero-order valence-corrected chi connectivity index (χ0v) is 18.3. The van der Waals surface area contributed by atoms with Crippen molar-refractivity contribution < 1.29 is 22.7 Å². The van der Waals surface area contributed by atoms with Gasteiger partial charge in [0.25, 0.3) is 5.91 Å². The molecule has 0 aliphatic carbocycles. The Labute approximate surface area is 193 Å². The molecule has 0 spiro atoms. The summed E-state index contributed by atoms with van der Waals surface area (Å²) in [4.78, 5) is 21.2. The highest BCUT2D eigenvalue weighted by atomic mass is 19.4. The first-order chi connectivity index (χ1) is 16.3. The smallest absolute Gasteiger partial charge is 0.416 e. The molecule has 1 aromatic carbocycles. The first kappa shape index (κ1) is 23.1. The standard InChI is InChI=1S/C23H21F3N6O2/c1-34-19-15-32(18-7-2-6-17(13-18)23(24,25)26)29-20(19)22(33)31-10-4-9-30(11-12-31)21-16(14-27)5-3-8-28-21/h2-3,5-8,13,15H,4,9-12H2,1H3. The van der Waals surface area contributed by atoms with Gasteiger partial charge in [0.1, 0.15) is 11.9 Å². The van der Waals surface area contributed by atoms with Gasteiger partial charge < -0.3 is 14.5 Å². The number of hydrogen-bond acceptors (Lipinski definition) is 6. The van der Waals surface area contributed by atoms with E-state index in [2.05, 4.69) is 16.2 Å². The summed E-state index contributed by atoms with van der Waals surface area (Å²) in [6, 6.07) is 10.2. The van der Waals surface area contributed by atoms with Crippen molar-refractivity contribution in [3.63, 3.8) is 0 Å². The van der Waals surface area contributed by atoms with E-state index in [-0.39, 0.29) is 23.0 Å². The van der Waals surface area contributed by atoms with Crippen LogP contribution in [0.4, 0.5) is 19.0 Å². The Hall–Kier alpha value is -4.07. The molecule has 4 rings (SSSR count). The number of amides is 1. The maximum atomic E-state index is 13.3. The number of methoxy groups -OCH3 is 1. The van der Waals surface area contributed by atoms with Gasteiger partial charge in [0, 0.05) is 32.4 Å². The fourth-order valence-electron chi connectivity index (χ4n) is 3.83. The summed E-state index contributed by atoms with van der Waals surface area (Å²) in [5, 5.41) is 13.6. The molecular weight excluding hydrogens is 449 g/mol. The maximum absolute atomic E-state index is 13.3. The van der Waals surface area contributed by atoms with Crippen LogP contribution in [0.1, 0.15) is 28.0 Å². The molecule has 1 fully saturated rings. The van der Waals surface area contributed by atoms with Gasteiger partial charge in [0.05, 0.1) is 30.1 Å². The number of alkyl halides is 3. The zero-order chi connectivity index (χ0) is 24.3. The molecule has 1 saturated heterocycles. The molecule has 0 unspecified atom stereocenters. The van der Waals surface area contributed by atoms with Crippen LogP contribution in [-0.4, -0.2) is 58.9 Å². The number of carbonyl (C=O) groups is 1. The van der Waals surface area contributed by atoms with Crippen LogP contribution in [0.5, 0.6) is 5.75 Å². The maximum Gasteiger partial charge on any atom is 0.416 e. The molecule has 1 amide bonds. The molecule has 8 nitrogen and oxygen atoms in total. The summed E-state index contributed by atoms with van der Waals surface area (Å²) < 4.78 is 45.8. The minimum absolute atomic E-state index is 0.0175. The first-order valence-electron chi connectivity index (χ1n) is 10.5. The van der Waals surface area contributed by atoms with Gasteiger partial charge in [-0.15, -0.1) is 0 Å². The molecule has 3 aromatic rings. The highest BCUT2D eigenvalue weighted by Crippen LogP contribution is 2.31. The van der Waals surface area contributed by atoms with Crippen LogP contribution in [0.25, 0.3) is 5.69 Å². The normalized spacial score (nSPS) is 14.4. The average molecular weight is 470 g/mol. The third kappa shape index (κ3) is 4.66. The fourth-order valence-corrected chi connectivity index (χ4v) is 3.83. The highest BCUT2D eigenvalue weighted by Gasteiger charge is 2.31. The lowest BCUT2D eigenvalue weighted by Crippen LogP contribution is -2.36. The zero-order valence-electron chi connectivity index (χ0n) is 18.3. The SMILES string of the molecule is COc1cn(-c2cccc(C(F)(F)F)c2)nc1C(=O)N1CCCN(c2ncccc2C#N)CC1. The Morgan fingerprint density at radius 1 is 1.15 bits per heavy atom. The molecule has 0 saturated carbocycles. The van der Waals surface area contributed by atoms with Crippen molar-refractivity contribution >= 4 is 11.7 Å². The van der Waals surface area contributed by atoms with Crippen LogP contribution in [0.2, 0.25) is 0 Å². The number of pyridine rings is 1. The van der Waals surface area contributed by atoms with Gasteiger partial charge in [-0.05, 0) is 36.8 Å². The largest absolute Gasteiger partial charge is 0.493 e. The first-order valence-corrected chi connectivity index (χ1v) is 10.5. The van der Waals surface area contributed by atoms with E-state index in [9.17, 15) is 23.2 Å². The molecule has 1 aliphatic rings. The van der Waals surface area contributed by atoms with E-state index < -0.39 is 11.7 Å². The Morgan fingerprint density at radius 2 is 1.97 bits per heavy atom. The second-order valence-electron chi connectivity index (χ2n) is 7.66. The lowest BCUT2D eigenvalue weighted by atomic mass is 10.2. The molecule has 3 heterocycles. The molecule has 1 aliphatic heterocycles. The topological polar surface area (TPSA) is 87.3 Å². The number of halogens is 3. The van der Waals surface area contributed by atoms with Gasteiger partial charge in [0.2, 0.25) is 0 Å². The predicted octanol–water partition coefficient (Wildman–Crippen LogP) is 3.52. The number of rotatable bonds is 4. The van der Waals surface area contributed by atoms with Crippen molar-refractivity contribution in [2.24, 2.45) is 0 Å². The van der Waals surface area contributed by atoms with Crippen molar-refractivity contribution in [3.8, 4) is 17.5 Å². The van der Waals surface area contributed by atoms with E-state index in [4.69, 9.17) is 4.74 Å². The monoisotopic (exact) mass is 470 g/mol. The van der Waals surface area contributed by atoms with E-state index in [1.54, 1.807) is 23.2 Å². The Kier molecular flexibility index (Phi) is 6.40. The summed E-state index contributed by atoms with van der Waals surface area (Å²) in [5.74, 6) is 0.358. The third-order valence-electron chi connectivity index (χ3n) is 5.53. The average Bonchev–Trinajstić information content (AvgIpc) is 3.13.